The number of rotatable bonds is 10. The Labute approximate surface area is 125 Å². The number of carboxylic acids is 2. The van der Waals surface area contributed by atoms with Gasteiger partial charge in [0, 0.05) is 0 Å². The number of carboxylic acid groups (broad SMARTS) is 2. The van der Waals surface area contributed by atoms with Crippen molar-refractivity contribution in [3.63, 3.8) is 0 Å². The second-order valence-corrected chi connectivity index (χ2v) is 4.14. The van der Waals surface area contributed by atoms with Crippen LogP contribution < -0.4 is 0 Å². The minimum absolute atomic E-state index is 0. The van der Waals surface area contributed by atoms with Crippen molar-refractivity contribution in [2.24, 2.45) is 5.92 Å². The molecule has 2 N–H and O–H groups in total. The molecular formula is C12H23NaO4. The summed E-state index contributed by atoms with van der Waals surface area (Å²) in [4.78, 5) is 21.1. The van der Waals surface area contributed by atoms with Gasteiger partial charge in [0.15, 0.2) is 5.92 Å². The van der Waals surface area contributed by atoms with Gasteiger partial charge in [-0.2, -0.15) is 0 Å². The SMILES string of the molecule is CCCCCCCCCC(C(=O)O)C(=O)O.[NaH]. The summed E-state index contributed by atoms with van der Waals surface area (Å²) < 4.78 is 0. The molecule has 0 aliphatic heterocycles. The van der Waals surface area contributed by atoms with Crippen LogP contribution in [0.5, 0.6) is 0 Å². The standard InChI is InChI=1S/C12H22O4.Na.H/c1-2-3-4-5-6-7-8-9-10(11(13)14)12(15)16;;/h10H,2-9H2,1H3,(H,13,14)(H,15,16);;. The Hall–Kier alpha value is -0.0600. The van der Waals surface area contributed by atoms with Gasteiger partial charge in [-0.25, -0.2) is 0 Å². The van der Waals surface area contributed by atoms with Crippen molar-refractivity contribution in [1.29, 1.82) is 0 Å². The van der Waals surface area contributed by atoms with E-state index in [1.807, 2.05) is 0 Å². The molecule has 0 saturated carbocycles. The Balaban J connectivity index is 0. The summed E-state index contributed by atoms with van der Waals surface area (Å²) in [5.74, 6) is -3.67. The predicted molar refractivity (Wildman–Crippen MR) is 68.5 cm³/mol. The monoisotopic (exact) mass is 254 g/mol. The van der Waals surface area contributed by atoms with Gasteiger partial charge in [0.25, 0.3) is 0 Å². The van der Waals surface area contributed by atoms with Gasteiger partial charge in [-0.3, -0.25) is 9.59 Å². The van der Waals surface area contributed by atoms with Gasteiger partial charge in [0.05, 0.1) is 0 Å². The summed E-state index contributed by atoms with van der Waals surface area (Å²) in [7, 11) is 0. The second kappa shape index (κ2) is 12.4. The molecule has 0 spiro atoms. The Morgan fingerprint density at radius 2 is 1.29 bits per heavy atom. The van der Waals surface area contributed by atoms with E-state index in [2.05, 4.69) is 6.92 Å². The van der Waals surface area contributed by atoms with Gasteiger partial charge in [-0.05, 0) is 6.42 Å². The van der Waals surface area contributed by atoms with Crippen molar-refractivity contribution in [2.45, 2.75) is 58.3 Å². The summed E-state index contributed by atoms with van der Waals surface area (Å²) in [5.41, 5.74) is 0. The van der Waals surface area contributed by atoms with E-state index in [1.54, 1.807) is 0 Å². The molecular weight excluding hydrogens is 231 g/mol. The van der Waals surface area contributed by atoms with Gasteiger partial charge in [-0.1, -0.05) is 51.9 Å². The van der Waals surface area contributed by atoms with Crippen molar-refractivity contribution in [3.8, 4) is 0 Å². The third-order valence-corrected chi connectivity index (χ3v) is 2.69. The van der Waals surface area contributed by atoms with E-state index in [1.165, 1.54) is 25.7 Å². The van der Waals surface area contributed by atoms with E-state index >= 15 is 0 Å². The van der Waals surface area contributed by atoms with Crippen molar-refractivity contribution in [2.75, 3.05) is 0 Å². The molecule has 4 nitrogen and oxygen atoms in total. The van der Waals surface area contributed by atoms with Crippen LogP contribution in [0.4, 0.5) is 0 Å². The van der Waals surface area contributed by atoms with Crippen LogP contribution >= 0.6 is 0 Å². The van der Waals surface area contributed by atoms with E-state index in [0.717, 1.165) is 12.8 Å². The molecule has 0 amide bonds. The van der Waals surface area contributed by atoms with Gasteiger partial charge >= 0.3 is 41.5 Å². The minimum atomic E-state index is -1.23. The van der Waals surface area contributed by atoms with Crippen molar-refractivity contribution < 1.29 is 19.8 Å². The number of hydrogen-bond acceptors (Lipinski definition) is 2. The molecule has 17 heavy (non-hydrogen) atoms. The topological polar surface area (TPSA) is 74.6 Å². The summed E-state index contributed by atoms with van der Waals surface area (Å²) >= 11 is 0. The van der Waals surface area contributed by atoms with Crippen molar-refractivity contribution in [3.05, 3.63) is 0 Å². The quantitative estimate of drug-likeness (QED) is 0.356. The molecule has 0 aliphatic carbocycles. The first kappa shape index (κ1) is 19.3. The zero-order valence-corrected chi connectivity index (χ0v) is 9.95. The molecule has 0 heterocycles. The van der Waals surface area contributed by atoms with E-state index < -0.39 is 17.9 Å². The zero-order chi connectivity index (χ0) is 12.4. The van der Waals surface area contributed by atoms with Crippen LogP contribution in [0.3, 0.4) is 0 Å². The van der Waals surface area contributed by atoms with Crippen LogP contribution in [-0.4, -0.2) is 51.7 Å². The van der Waals surface area contributed by atoms with Gasteiger partial charge in [0.2, 0.25) is 0 Å². The van der Waals surface area contributed by atoms with E-state index in [9.17, 15) is 9.59 Å². The summed E-state index contributed by atoms with van der Waals surface area (Å²) in [5, 5.41) is 17.3. The Morgan fingerprint density at radius 3 is 1.71 bits per heavy atom. The predicted octanol–water partition coefficient (Wildman–Crippen LogP) is 2.26. The fourth-order valence-electron chi connectivity index (χ4n) is 1.66. The molecule has 0 bridgehead atoms. The molecule has 0 fully saturated rings. The zero-order valence-electron chi connectivity index (χ0n) is 9.95. The van der Waals surface area contributed by atoms with Crippen LogP contribution in [0.15, 0.2) is 0 Å². The normalized spacial score (nSPS) is 10.0. The molecule has 96 valence electrons. The fourth-order valence-corrected chi connectivity index (χ4v) is 1.66. The molecule has 0 aromatic carbocycles. The Bertz CT molecular complexity index is 205. The van der Waals surface area contributed by atoms with Crippen LogP contribution in [0.1, 0.15) is 58.3 Å². The van der Waals surface area contributed by atoms with E-state index in [4.69, 9.17) is 10.2 Å². The molecule has 0 aromatic rings. The Morgan fingerprint density at radius 1 is 0.882 bits per heavy atom. The van der Waals surface area contributed by atoms with E-state index in [0.29, 0.717) is 6.42 Å². The van der Waals surface area contributed by atoms with E-state index in [-0.39, 0.29) is 36.0 Å². The average Bonchev–Trinajstić information content (AvgIpc) is 2.21. The number of carbonyl (C=O) groups is 2. The molecule has 0 atom stereocenters. The first-order valence-electron chi connectivity index (χ1n) is 6.05. The third-order valence-electron chi connectivity index (χ3n) is 2.69. The van der Waals surface area contributed by atoms with Gasteiger partial charge in [-0.15, -0.1) is 0 Å². The van der Waals surface area contributed by atoms with Crippen LogP contribution in [0, 0.1) is 5.92 Å². The molecule has 0 radical (unpaired) electrons. The molecule has 0 aromatic heterocycles. The summed E-state index contributed by atoms with van der Waals surface area (Å²) in [6.45, 7) is 2.16. The second-order valence-electron chi connectivity index (χ2n) is 4.14. The number of unbranched alkanes of at least 4 members (excludes halogenated alkanes) is 6. The maximum atomic E-state index is 10.6. The molecule has 0 saturated heterocycles. The average molecular weight is 254 g/mol. The third kappa shape index (κ3) is 10.8. The van der Waals surface area contributed by atoms with Gasteiger partial charge in [0.1, 0.15) is 0 Å². The first-order valence-corrected chi connectivity index (χ1v) is 6.05. The van der Waals surface area contributed by atoms with Crippen molar-refractivity contribution >= 4 is 41.5 Å². The molecule has 0 rings (SSSR count). The molecule has 0 aliphatic rings. The summed E-state index contributed by atoms with van der Waals surface area (Å²) in [6, 6.07) is 0. The number of hydrogen-bond donors (Lipinski definition) is 2. The van der Waals surface area contributed by atoms with Crippen LogP contribution in [-0.2, 0) is 9.59 Å². The fraction of sp³-hybridized carbons (Fsp3) is 0.833. The van der Waals surface area contributed by atoms with Crippen molar-refractivity contribution in [1.82, 2.24) is 0 Å². The molecule has 0 unspecified atom stereocenters. The maximum absolute atomic E-state index is 10.6. The van der Waals surface area contributed by atoms with Gasteiger partial charge < -0.3 is 10.2 Å². The van der Waals surface area contributed by atoms with Crippen LogP contribution in [0.25, 0.3) is 0 Å². The summed E-state index contributed by atoms with van der Waals surface area (Å²) in [6.07, 6.45) is 7.78. The Kier molecular flexibility index (Phi) is 14.1. The number of aliphatic carboxylic acids is 2. The first-order chi connectivity index (χ1) is 7.59. The van der Waals surface area contributed by atoms with Crippen LogP contribution in [0.2, 0.25) is 0 Å². The molecule has 5 heteroatoms.